The van der Waals surface area contributed by atoms with E-state index in [2.05, 4.69) is 30.9 Å². The van der Waals surface area contributed by atoms with Crippen LogP contribution in [0.5, 0.6) is 0 Å². The van der Waals surface area contributed by atoms with Gasteiger partial charge in [0.1, 0.15) is 24.1 Å². The summed E-state index contributed by atoms with van der Waals surface area (Å²) in [5, 5.41) is 29.9. The number of halogens is 1. The molecule has 4 atom stereocenters. The Labute approximate surface area is 160 Å². The molecule has 2 aromatic heterocycles. The van der Waals surface area contributed by atoms with Crippen molar-refractivity contribution in [1.82, 2.24) is 19.5 Å². The summed E-state index contributed by atoms with van der Waals surface area (Å²) >= 11 is 3.36. The monoisotopic (exact) mass is 437 g/mol. The zero-order valence-electron chi connectivity index (χ0n) is 13.8. The van der Waals surface area contributed by atoms with Crippen molar-refractivity contribution in [2.45, 2.75) is 24.5 Å². The normalized spacial score (nSPS) is 25.3. The lowest BCUT2D eigenvalue weighted by Crippen LogP contribution is -2.33. The Kier molecular flexibility index (Phi) is 4.48. The highest BCUT2D eigenvalue weighted by molar-refractivity contribution is 9.10. The molecule has 1 saturated heterocycles. The molecule has 11 heteroatoms. The number of H-pyrrole nitrogens is 1. The van der Waals surface area contributed by atoms with Gasteiger partial charge in [-0.05, 0) is 12.1 Å². The number of nitrogens with zero attached hydrogens (tertiary/aromatic N) is 3. The van der Waals surface area contributed by atoms with Gasteiger partial charge in [0.25, 0.3) is 5.56 Å². The molecule has 3 heterocycles. The molecule has 0 radical (unpaired) electrons. The molecular weight excluding hydrogens is 422 g/mol. The molecule has 6 N–H and O–H groups in total. The van der Waals surface area contributed by atoms with Crippen LogP contribution in [-0.2, 0) is 4.74 Å². The van der Waals surface area contributed by atoms with Crippen LogP contribution in [0.3, 0.4) is 0 Å². The van der Waals surface area contributed by atoms with Crippen molar-refractivity contribution in [1.29, 1.82) is 0 Å². The molecule has 1 aliphatic heterocycles. The van der Waals surface area contributed by atoms with Gasteiger partial charge in [0.2, 0.25) is 5.95 Å². The topological polar surface area (TPSA) is 160 Å². The highest BCUT2D eigenvalue weighted by Crippen LogP contribution is 2.35. The second-order valence-corrected chi connectivity index (χ2v) is 7.08. The average molecular weight is 438 g/mol. The number of nitrogens with two attached hydrogens (primary N) is 1. The lowest BCUT2D eigenvalue weighted by molar-refractivity contribution is -0.0503. The van der Waals surface area contributed by atoms with Gasteiger partial charge in [-0.2, -0.15) is 4.98 Å². The molecule has 0 aliphatic carbocycles. The van der Waals surface area contributed by atoms with Crippen LogP contribution < -0.4 is 11.3 Å². The number of aromatic nitrogens is 4. The van der Waals surface area contributed by atoms with Gasteiger partial charge in [-0.3, -0.25) is 14.3 Å². The van der Waals surface area contributed by atoms with Crippen molar-refractivity contribution in [2.24, 2.45) is 0 Å². The predicted octanol–water partition coefficient (Wildman–Crippen LogP) is -0.257. The third-order valence-electron chi connectivity index (χ3n) is 4.44. The minimum absolute atomic E-state index is 0.0138. The lowest BCUT2D eigenvalue weighted by Gasteiger charge is -2.19. The van der Waals surface area contributed by atoms with Gasteiger partial charge < -0.3 is 25.8 Å². The molecule has 0 bridgehead atoms. The molecular formula is C16H16BrN5O5. The zero-order chi connectivity index (χ0) is 19.3. The number of fused-ring (bicyclic) bond motifs is 1. The summed E-state index contributed by atoms with van der Waals surface area (Å²) in [6.07, 6.45) is -4.78. The molecule has 0 saturated carbocycles. The summed E-state index contributed by atoms with van der Waals surface area (Å²) < 4.78 is 7.88. The van der Waals surface area contributed by atoms with Crippen molar-refractivity contribution in [2.75, 3.05) is 12.3 Å². The van der Waals surface area contributed by atoms with Crippen molar-refractivity contribution in [3.63, 3.8) is 0 Å². The van der Waals surface area contributed by atoms with E-state index in [1.165, 1.54) is 4.57 Å². The van der Waals surface area contributed by atoms with Crippen LogP contribution in [-0.4, -0.2) is 59.8 Å². The Morgan fingerprint density at radius 2 is 1.93 bits per heavy atom. The number of benzene rings is 1. The number of hydrogen-bond donors (Lipinski definition) is 5. The second kappa shape index (κ2) is 6.69. The van der Waals surface area contributed by atoms with Crippen molar-refractivity contribution in [3.05, 3.63) is 39.1 Å². The fourth-order valence-corrected chi connectivity index (χ4v) is 3.40. The van der Waals surface area contributed by atoms with Gasteiger partial charge in [-0.25, -0.2) is 4.98 Å². The van der Waals surface area contributed by atoms with Crippen LogP contribution >= 0.6 is 15.9 Å². The van der Waals surface area contributed by atoms with E-state index in [1.807, 2.05) is 0 Å². The largest absolute Gasteiger partial charge is 0.394 e. The lowest BCUT2D eigenvalue weighted by atomic mass is 10.1. The van der Waals surface area contributed by atoms with Crippen molar-refractivity contribution >= 4 is 33.0 Å². The van der Waals surface area contributed by atoms with Crippen LogP contribution in [0.1, 0.15) is 6.23 Å². The van der Waals surface area contributed by atoms with Gasteiger partial charge in [-0.1, -0.05) is 28.1 Å². The Hall–Kier alpha value is -2.31. The third kappa shape index (κ3) is 2.93. The van der Waals surface area contributed by atoms with Crippen LogP contribution in [0.25, 0.3) is 22.6 Å². The van der Waals surface area contributed by atoms with E-state index in [9.17, 15) is 20.1 Å². The quantitative estimate of drug-likeness (QED) is 0.374. The maximum atomic E-state index is 12.3. The number of aliphatic hydroxyl groups excluding tert-OH is 3. The maximum Gasteiger partial charge on any atom is 0.280 e. The number of aromatic amines is 1. The molecule has 0 spiro atoms. The van der Waals surface area contributed by atoms with E-state index in [1.54, 1.807) is 24.3 Å². The fourth-order valence-electron chi connectivity index (χ4n) is 3.14. The summed E-state index contributed by atoms with van der Waals surface area (Å²) in [6, 6.07) is 7.12. The molecule has 1 aromatic carbocycles. The van der Waals surface area contributed by atoms with E-state index in [4.69, 9.17) is 10.5 Å². The Morgan fingerprint density at radius 1 is 1.22 bits per heavy atom. The SMILES string of the molecule is Nc1nc2c(nc(-c3ccc(Br)cc3)n2C2OC(CO)C(O)C2O)c(=O)[nH]1. The Bertz CT molecular complexity index is 1050. The maximum absolute atomic E-state index is 12.3. The number of anilines is 1. The van der Waals surface area contributed by atoms with Gasteiger partial charge in [-0.15, -0.1) is 0 Å². The van der Waals surface area contributed by atoms with E-state index in [-0.39, 0.29) is 17.1 Å². The minimum atomic E-state index is -1.36. The third-order valence-corrected chi connectivity index (χ3v) is 4.97. The first kappa shape index (κ1) is 18.1. The number of hydrogen-bond acceptors (Lipinski definition) is 8. The van der Waals surface area contributed by atoms with Gasteiger partial charge in [0.15, 0.2) is 17.4 Å². The summed E-state index contributed by atoms with van der Waals surface area (Å²) in [7, 11) is 0. The molecule has 142 valence electrons. The molecule has 1 fully saturated rings. The molecule has 1 aliphatic rings. The number of nitrogen functional groups attached to an aromatic ring is 1. The Balaban J connectivity index is 1.98. The van der Waals surface area contributed by atoms with Gasteiger partial charge in [0, 0.05) is 10.0 Å². The molecule has 4 unspecified atom stereocenters. The molecule has 0 amide bonds. The molecule has 10 nitrogen and oxygen atoms in total. The standard InChI is InChI=1S/C16H16BrN5O5/c17-7-3-1-6(2-4-7)12-19-9-13(20-16(18)21-14(9)26)22(12)15-11(25)10(24)8(5-23)27-15/h1-4,8,10-11,15,23-25H,5H2,(H3,18,20,21,26). The van der Waals surface area contributed by atoms with E-state index < -0.39 is 36.7 Å². The number of imidazole rings is 1. The highest BCUT2D eigenvalue weighted by atomic mass is 79.9. The van der Waals surface area contributed by atoms with E-state index in [0.29, 0.717) is 11.4 Å². The van der Waals surface area contributed by atoms with Crippen LogP contribution in [0, 0.1) is 0 Å². The summed E-state index contributed by atoms with van der Waals surface area (Å²) in [4.78, 5) is 23.2. The number of aliphatic hydroxyl groups is 3. The summed E-state index contributed by atoms with van der Waals surface area (Å²) in [5.41, 5.74) is 5.87. The van der Waals surface area contributed by atoms with Crippen LogP contribution in [0.15, 0.2) is 33.5 Å². The summed E-state index contributed by atoms with van der Waals surface area (Å²) in [5.74, 6) is 0.179. The molecule has 4 rings (SSSR count). The zero-order valence-corrected chi connectivity index (χ0v) is 15.4. The number of ether oxygens (including phenoxy) is 1. The first-order valence-corrected chi connectivity index (χ1v) is 8.86. The van der Waals surface area contributed by atoms with Crippen molar-refractivity contribution in [3.8, 4) is 11.4 Å². The second-order valence-electron chi connectivity index (χ2n) is 6.16. The van der Waals surface area contributed by atoms with Crippen molar-refractivity contribution < 1.29 is 20.1 Å². The van der Waals surface area contributed by atoms with E-state index >= 15 is 0 Å². The highest BCUT2D eigenvalue weighted by Gasteiger charge is 2.45. The van der Waals surface area contributed by atoms with E-state index in [0.717, 1.165) is 4.47 Å². The fraction of sp³-hybridized carbons (Fsp3) is 0.312. The average Bonchev–Trinajstić information content (AvgIpc) is 3.14. The predicted molar refractivity (Wildman–Crippen MR) is 98.7 cm³/mol. The number of nitrogens with one attached hydrogen (secondary N) is 1. The number of rotatable bonds is 3. The molecule has 3 aromatic rings. The molecule has 27 heavy (non-hydrogen) atoms. The van der Waals surface area contributed by atoms with Crippen LogP contribution in [0.2, 0.25) is 0 Å². The Morgan fingerprint density at radius 3 is 2.56 bits per heavy atom. The smallest absolute Gasteiger partial charge is 0.280 e. The summed E-state index contributed by atoms with van der Waals surface area (Å²) in [6.45, 7) is -0.481. The first-order chi connectivity index (χ1) is 12.9. The van der Waals surface area contributed by atoms with Gasteiger partial charge >= 0.3 is 0 Å². The van der Waals surface area contributed by atoms with Crippen LogP contribution in [0.4, 0.5) is 5.95 Å². The first-order valence-electron chi connectivity index (χ1n) is 8.07. The minimum Gasteiger partial charge on any atom is -0.394 e. The van der Waals surface area contributed by atoms with Gasteiger partial charge in [0.05, 0.1) is 6.61 Å².